The predicted octanol–water partition coefficient (Wildman–Crippen LogP) is 1.74. The molecule has 0 radical (unpaired) electrons. The molecule has 0 saturated carbocycles. The molecule has 1 aromatic carbocycles. The molecule has 0 unspecified atom stereocenters. The van der Waals surface area contributed by atoms with Crippen LogP contribution in [0, 0.1) is 0 Å². The fraction of sp³-hybridized carbons (Fsp3) is 0.368. The lowest BCUT2D eigenvalue weighted by Crippen LogP contribution is -2.27. The monoisotopic (exact) mass is 354 g/mol. The number of benzene rings is 1. The lowest BCUT2D eigenvalue weighted by Gasteiger charge is -2.12. The van der Waals surface area contributed by atoms with E-state index in [1.54, 1.807) is 6.92 Å². The van der Waals surface area contributed by atoms with Crippen molar-refractivity contribution in [3.05, 3.63) is 53.3 Å². The van der Waals surface area contributed by atoms with Crippen molar-refractivity contribution in [1.82, 2.24) is 15.3 Å². The minimum absolute atomic E-state index is 0.141. The van der Waals surface area contributed by atoms with Crippen LogP contribution in [0.15, 0.2) is 36.7 Å². The van der Waals surface area contributed by atoms with Gasteiger partial charge < -0.3 is 15.4 Å². The molecule has 0 spiro atoms. The van der Waals surface area contributed by atoms with Crippen molar-refractivity contribution in [3.8, 4) is 0 Å². The second-order valence-corrected chi connectivity index (χ2v) is 6.12. The average Bonchev–Trinajstić information content (AvgIpc) is 3.04. The molecular weight excluding hydrogens is 332 g/mol. The number of ether oxygens (including phenoxy) is 1. The number of esters is 1. The van der Waals surface area contributed by atoms with Crippen LogP contribution in [-0.4, -0.2) is 41.0 Å². The Hall–Kier alpha value is -2.96. The molecule has 1 aliphatic rings. The van der Waals surface area contributed by atoms with Gasteiger partial charge in [-0.15, -0.1) is 0 Å². The SMILES string of the molecule is CCOC(=O)CCNC(=O)c1cnc(NC2Cc3ccccc3C2)nc1. The number of nitrogens with zero attached hydrogens (tertiary/aromatic N) is 2. The molecule has 3 rings (SSSR count). The third-order valence-electron chi connectivity index (χ3n) is 4.22. The molecule has 0 fully saturated rings. The topological polar surface area (TPSA) is 93.2 Å². The van der Waals surface area contributed by atoms with E-state index in [2.05, 4.69) is 32.7 Å². The molecule has 7 nitrogen and oxygen atoms in total. The van der Waals surface area contributed by atoms with Crippen LogP contribution < -0.4 is 10.6 Å². The summed E-state index contributed by atoms with van der Waals surface area (Å²) in [5.41, 5.74) is 3.05. The molecule has 0 saturated heterocycles. The van der Waals surface area contributed by atoms with Crippen LogP contribution in [0.3, 0.4) is 0 Å². The summed E-state index contributed by atoms with van der Waals surface area (Å²) in [6.07, 6.45) is 4.99. The number of rotatable bonds is 7. The first-order valence-electron chi connectivity index (χ1n) is 8.75. The number of fused-ring (bicyclic) bond motifs is 1. The molecular formula is C19H22N4O3. The standard InChI is InChI=1S/C19H22N4O3/c1-2-26-17(24)7-8-20-18(25)15-11-21-19(22-12-15)23-16-9-13-5-3-4-6-14(13)10-16/h3-6,11-12,16H,2,7-10H2,1H3,(H,20,25)(H,21,22,23). The van der Waals surface area contributed by atoms with Crippen molar-refractivity contribution >= 4 is 17.8 Å². The van der Waals surface area contributed by atoms with Crippen molar-refractivity contribution < 1.29 is 14.3 Å². The van der Waals surface area contributed by atoms with Gasteiger partial charge in [-0.1, -0.05) is 24.3 Å². The number of nitrogens with one attached hydrogen (secondary N) is 2. The maximum Gasteiger partial charge on any atom is 0.307 e. The first-order valence-corrected chi connectivity index (χ1v) is 8.75. The van der Waals surface area contributed by atoms with Crippen LogP contribution in [0.25, 0.3) is 0 Å². The van der Waals surface area contributed by atoms with Gasteiger partial charge in [0.2, 0.25) is 5.95 Å². The molecule has 0 aliphatic heterocycles. The molecule has 1 heterocycles. The van der Waals surface area contributed by atoms with Crippen molar-refractivity contribution in [3.63, 3.8) is 0 Å². The highest BCUT2D eigenvalue weighted by Crippen LogP contribution is 2.23. The number of carbonyl (C=O) groups excluding carboxylic acids is 2. The number of carbonyl (C=O) groups is 2. The van der Waals surface area contributed by atoms with Crippen LogP contribution in [0.5, 0.6) is 0 Å². The quantitative estimate of drug-likeness (QED) is 0.736. The van der Waals surface area contributed by atoms with Crippen molar-refractivity contribution in [2.75, 3.05) is 18.5 Å². The van der Waals surface area contributed by atoms with Gasteiger partial charge in [0, 0.05) is 25.0 Å². The fourth-order valence-corrected chi connectivity index (χ4v) is 2.98. The summed E-state index contributed by atoms with van der Waals surface area (Å²) in [7, 11) is 0. The third kappa shape index (κ3) is 4.56. The summed E-state index contributed by atoms with van der Waals surface area (Å²) in [6.45, 7) is 2.30. The van der Waals surface area contributed by atoms with Gasteiger partial charge in [-0.3, -0.25) is 9.59 Å². The largest absolute Gasteiger partial charge is 0.466 e. The Morgan fingerprint density at radius 1 is 1.15 bits per heavy atom. The minimum atomic E-state index is -0.332. The van der Waals surface area contributed by atoms with Crippen LogP contribution in [0.4, 0.5) is 5.95 Å². The first kappa shape index (κ1) is 17.8. The van der Waals surface area contributed by atoms with Gasteiger partial charge in [0.15, 0.2) is 0 Å². The molecule has 136 valence electrons. The molecule has 0 atom stereocenters. The number of hydrogen-bond acceptors (Lipinski definition) is 6. The summed E-state index contributed by atoms with van der Waals surface area (Å²) in [4.78, 5) is 31.7. The minimum Gasteiger partial charge on any atom is -0.466 e. The summed E-state index contributed by atoms with van der Waals surface area (Å²) in [5.74, 6) is -0.138. The molecule has 7 heteroatoms. The van der Waals surface area contributed by atoms with Gasteiger partial charge in [-0.2, -0.15) is 0 Å². The van der Waals surface area contributed by atoms with E-state index in [4.69, 9.17) is 4.74 Å². The highest BCUT2D eigenvalue weighted by Gasteiger charge is 2.21. The summed E-state index contributed by atoms with van der Waals surface area (Å²) in [5, 5.41) is 5.96. The van der Waals surface area contributed by atoms with Crippen LogP contribution in [0.2, 0.25) is 0 Å². The maximum atomic E-state index is 12.0. The third-order valence-corrected chi connectivity index (χ3v) is 4.22. The van der Waals surface area contributed by atoms with Gasteiger partial charge in [-0.05, 0) is 30.9 Å². The Kier molecular flexibility index (Phi) is 5.78. The summed E-state index contributed by atoms with van der Waals surface area (Å²) < 4.78 is 4.81. The van der Waals surface area contributed by atoms with Crippen molar-refractivity contribution in [2.45, 2.75) is 32.2 Å². The lowest BCUT2D eigenvalue weighted by molar-refractivity contribution is -0.142. The Bertz CT molecular complexity index is 752. The number of amides is 1. The molecule has 26 heavy (non-hydrogen) atoms. The molecule has 0 bridgehead atoms. The smallest absolute Gasteiger partial charge is 0.307 e. The first-order chi connectivity index (χ1) is 12.7. The zero-order chi connectivity index (χ0) is 18.4. The van der Waals surface area contributed by atoms with E-state index in [9.17, 15) is 9.59 Å². The molecule has 2 N–H and O–H groups in total. The number of aromatic nitrogens is 2. The average molecular weight is 354 g/mol. The Balaban J connectivity index is 1.48. The highest BCUT2D eigenvalue weighted by molar-refractivity contribution is 5.93. The van der Waals surface area contributed by atoms with Crippen LogP contribution >= 0.6 is 0 Å². The molecule has 1 aromatic heterocycles. The van der Waals surface area contributed by atoms with Gasteiger partial charge in [0.1, 0.15) is 0 Å². The number of anilines is 1. The Morgan fingerprint density at radius 3 is 2.42 bits per heavy atom. The molecule has 1 aliphatic carbocycles. The van der Waals surface area contributed by atoms with E-state index < -0.39 is 0 Å². The van der Waals surface area contributed by atoms with E-state index in [0.29, 0.717) is 18.1 Å². The van der Waals surface area contributed by atoms with Crippen molar-refractivity contribution in [1.29, 1.82) is 0 Å². The van der Waals surface area contributed by atoms with Crippen LogP contribution in [-0.2, 0) is 22.4 Å². The number of hydrogen-bond donors (Lipinski definition) is 2. The van der Waals surface area contributed by atoms with Crippen LogP contribution in [0.1, 0.15) is 34.8 Å². The zero-order valence-corrected chi connectivity index (χ0v) is 14.7. The van der Waals surface area contributed by atoms with E-state index in [0.717, 1.165) is 12.8 Å². The normalized spacial score (nSPS) is 13.1. The van der Waals surface area contributed by atoms with Gasteiger partial charge in [-0.25, -0.2) is 9.97 Å². The predicted molar refractivity (Wildman–Crippen MR) is 96.9 cm³/mol. The van der Waals surface area contributed by atoms with E-state index in [-0.39, 0.29) is 30.9 Å². The van der Waals surface area contributed by atoms with Gasteiger partial charge >= 0.3 is 5.97 Å². The summed E-state index contributed by atoms with van der Waals surface area (Å²) in [6, 6.07) is 8.64. The van der Waals surface area contributed by atoms with E-state index in [1.807, 2.05) is 12.1 Å². The lowest BCUT2D eigenvalue weighted by atomic mass is 10.1. The maximum absolute atomic E-state index is 12.0. The second kappa shape index (κ2) is 8.42. The van der Waals surface area contributed by atoms with Crippen molar-refractivity contribution in [2.24, 2.45) is 0 Å². The van der Waals surface area contributed by atoms with E-state index in [1.165, 1.54) is 23.5 Å². The van der Waals surface area contributed by atoms with E-state index >= 15 is 0 Å². The zero-order valence-electron chi connectivity index (χ0n) is 14.7. The Morgan fingerprint density at radius 2 is 1.81 bits per heavy atom. The van der Waals surface area contributed by atoms with Gasteiger partial charge in [0.05, 0.1) is 18.6 Å². The fourth-order valence-electron chi connectivity index (χ4n) is 2.98. The summed E-state index contributed by atoms with van der Waals surface area (Å²) >= 11 is 0. The highest BCUT2D eigenvalue weighted by atomic mass is 16.5. The Labute approximate surface area is 152 Å². The molecule has 2 aromatic rings. The second-order valence-electron chi connectivity index (χ2n) is 6.12. The molecule has 1 amide bonds. The van der Waals surface area contributed by atoms with Gasteiger partial charge in [0.25, 0.3) is 5.91 Å².